The maximum absolute atomic E-state index is 15.0. The monoisotopic (exact) mass is 705 g/mol. The molecule has 2 heterocycles. The van der Waals surface area contributed by atoms with Gasteiger partial charge in [-0.15, -0.1) is 0 Å². The van der Waals surface area contributed by atoms with Crippen LogP contribution < -0.4 is 5.32 Å². The smallest absolute Gasteiger partial charge is 0.407 e. The van der Waals surface area contributed by atoms with E-state index in [1.165, 1.54) is 23.3 Å². The zero-order chi connectivity index (χ0) is 34.7. The fourth-order valence-electron chi connectivity index (χ4n) is 7.66. The van der Waals surface area contributed by atoms with Crippen molar-refractivity contribution in [2.75, 3.05) is 26.2 Å². The Bertz CT molecular complexity index is 1620. The van der Waals surface area contributed by atoms with Crippen LogP contribution in [0.4, 0.5) is 13.6 Å². The van der Waals surface area contributed by atoms with Gasteiger partial charge < -0.3 is 10.1 Å². The summed E-state index contributed by atoms with van der Waals surface area (Å²) < 4.78 is 35.9. The molecule has 0 radical (unpaired) electrons. The molecule has 2 aliphatic heterocycles. The van der Waals surface area contributed by atoms with Gasteiger partial charge in [0.05, 0.1) is 10.0 Å². The van der Waals surface area contributed by atoms with Gasteiger partial charge in [-0.1, -0.05) is 96.0 Å². The third-order valence-electron chi connectivity index (χ3n) is 9.73. The second-order valence-electron chi connectivity index (χ2n) is 14.4. The molecule has 4 aromatic carbocycles. The first-order chi connectivity index (χ1) is 23.4. The lowest BCUT2D eigenvalue weighted by molar-refractivity contribution is 0.0452. The van der Waals surface area contributed by atoms with E-state index in [0.717, 1.165) is 11.1 Å². The number of halogens is 4. The highest BCUT2D eigenvalue weighted by atomic mass is 35.5. The van der Waals surface area contributed by atoms with Crippen LogP contribution in [0.3, 0.4) is 0 Å². The highest BCUT2D eigenvalue weighted by molar-refractivity contribution is 6.31. The van der Waals surface area contributed by atoms with Gasteiger partial charge in [0.1, 0.15) is 17.2 Å². The van der Waals surface area contributed by atoms with E-state index in [1.54, 1.807) is 12.1 Å². The van der Waals surface area contributed by atoms with Crippen LogP contribution >= 0.6 is 23.2 Å². The highest BCUT2D eigenvalue weighted by Gasteiger charge is 2.48. The van der Waals surface area contributed by atoms with Crippen molar-refractivity contribution < 1.29 is 18.3 Å². The number of carbonyl (C=O) groups is 1. The van der Waals surface area contributed by atoms with Crippen molar-refractivity contribution in [1.29, 1.82) is 0 Å². The summed E-state index contributed by atoms with van der Waals surface area (Å²) in [6.07, 6.45) is -0.511. The molecule has 0 unspecified atom stereocenters. The quantitative estimate of drug-likeness (QED) is 0.189. The van der Waals surface area contributed by atoms with Crippen molar-refractivity contribution in [2.45, 2.75) is 57.3 Å². The Kier molecular flexibility index (Phi) is 10.9. The van der Waals surface area contributed by atoms with E-state index in [4.69, 9.17) is 27.9 Å². The SMILES string of the molecule is CC(C)(C)OC(=O)NC([C@@H]1CN(Cc2ccccc2)C[C@H]1c1ccc(Cl)c(F)c1)[C@@H]1CN(Cc2ccccc2)C[C@H]1c1ccc(Cl)c(F)c1. The van der Waals surface area contributed by atoms with E-state index in [2.05, 4.69) is 39.4 Å². The summed E-state index contributed by atoms with van der Waals surface area (Å²) in [5.41, 5.74) is 3.28. The van der Waals surface area contributed by atoms with Crippen LogP contribution in [0.15, 0.2) is 97.1 Å². The number of hydrogen-bond donors (Lipinski definition) is 1. The molecule has 1 N–H and O–H groups in total. The average Bonchev–Trinajstić information content (AvgIpc) is 3.67. The standard InChI is InChI=1S/C40H43Cl2F2N3O2/c1-40(2,3)49-39(48)45-38(32-24-46(20-26-10-6-4-7-11-26)22-30(32)28-14-16-34(41)36(43)18-28)33-25-47(21-27-12-8-5-9-13-27)23-31(33)29-15-17-35(42)37(44)19-29/h4-19,30-33,38H,20-25H2,1-3H3,(H,45,48)/t30-,31-,32+,33+/m0/s1. The first-order valence-electron chi connectivity index (χ1n) is 16.9. The van der Waals surface area contributed by atoms with E-state index in [0.29, 0.717) is 39.3 Å². The van der Waals surface area contributed by atoms with Crippen LogP contribution in [0.2, 0.25) is 10.0 Å². The molecule has 258 valence electrons. The van der Waals surface area contributed by atoms with E-state index in [-0.39, 0.29) is 33.7 Å². The van der Waals surface area contributed by atoms with Crippen molar-refractivity contribution in [2.24, 2.45) is 11.8 Å². The van der Waals surface area contributed by atoms with Crippen molar-refractivity contribution in [3.05, 3.63) is 141 Å². The van der Waals surface area contributed by atoms with Gasteiger partial charge >= 0.3 is 6.09 Å². The topological polar surface area (TPSA) is 44.8 Å². The molecule has 0 aromatic heterocycles. The van der Waals surface area contributed by atoms with Crippen LogP contribution in [-0.4, -0.2) is 53.7 Å². The van der Waals surface area contributed by atoms with Gasteiger partial charge in [0.25, 0.3) is 0 Å². The molecule has 9 heteroatoms. The van der Waals surface area contributed by atoms with Crippen LogP contribution in [0.25, 0.3) is 0 Å². The summed E-state index contributed by atoms with van der Waals surface area (Å²) >= 11 is 12.3. The van der Waals surface area contributed by atoms with Gasteiger partial charge in [0.15, 0.2) is 0 Å². The summed E-state index contributed by atoms with van der Waals surface area (Å²) in [6.45, 7) is 9.57. The molecular weight excluding hydrogens is 663 g/mol. The van der Waals surface area contributed by atoms with E-state index < -0.39 is 29.4 Å². The number of hydrogen-bond acceptors (Lipinski definition) is 4. The number of amides is 1. The molecule has 0 bridgehead atoms. The summed E-state index contributed by atoms with van der Waals surface area (Å²) in [5, 5.41) is 3.46. The average molecular weight is 707 g/mol. The molecule has 2 saturated heterocycles. The van der Waals surface area contributed by atoms with Crippen molar-refractivity contribution in [3.63, 3.8) is 0 Å². The van der Waals surface area contributed by atoms with Gasteiger partial charge in [-0.2, -0.15) is 0 Å². The first-order valence-corrected chi connectivity index (χ1v) is 17.6. The molecular formula is C40H43Cl2F2N3O2. The predicted octanol–water partition coefficient (Wildman–Crippen LogP) is 9.30. The molecule has 4 aromatic rings. The molecule has 0 saturated carbocycles. The van der Waals surface area contributed by atoms with Crippen LogP contribution in [0, 0.1) is 23.5 Å². The number of alkyl carbamates (subject to hydrolysis) is 1. The Morgan fingerprint density at radius 2 is 1.16 bits per heavy atom. The lowest BCUT2D eigenvalue weighted by atomic mass is 9.74. The number of ether oxygens (including phenoxy) is 1. The number of nitrogens with one attached hydrogen (secondary N) is 1. The van der Waals surface area contributed by atoms with Gasteiger partial charge in [-0.05, 0) is 67.3 Å². The van der Waals surface area contributed by atoms with Crippen LogP contribution in [0.1, 0.15) is 54.9 Å². The van der Waals surface area contributed by atoms with E-state index in [1.807, 2.05) is 69.3 Å². The molecule has 6 rings (SSSR count). The Balaban J connectivity index is 1.42. The Hall–Kier alpha value is -3.49. The number of nitrogens with zero attached hydrogens (tertiary/aromatic N) is 2. The predicted molar refractivity (Wildman–Crippen MR) is 192 cm³/mol. The molecule has 5 nitrogen and oxygen atoms in total. The Labute approximate surface area is 298 Å². The molecule has 49 heavy (non-hydrogen) atoms. The highest BCUT2D eigenvalue weighted by Crippen LogP contribution is 2.44. The third kappa shape index (κ3) is 8.82. The first kappa shape index (κ1) is 35.3. The molecule has 1 amide bonds. The fraction of sp³-hybridized carbons (Fsp3) is 0.375. The van der Waals surface area contributed by atoms with Gasteiger partial charge in [0, 0.05) is 69.0 Å². The summed E-state index contributed by atoms with van der Waals surface area (Å²) in [7, 11) is 0. The number of carbonyl (C=O) groups excluding carboxylic acids is 1. The second-order valence-corrected chi connectivity index (χ2v) is 15.2. The summed E-state index contributed by atoms with van der Waals surface area (Å²) in [4.78, 5) is 18.4. The number of rotatable bonds is 9. The normalized spacial score (nSPS) is 21.7. The number of benzene rings is 4. The number of likely N-dealkylation sites (tertiary alicyclic amines) is 2. The molecule has 2 fully saturated rings. The van der Waals surface area contributed by atoms with Crippen LogP contribution in [0.5, 0.6) is 0 Å². The minimum absolute atomic E-state index is 0.0695. The zero-order valence-electron chi connectivity index (χ0n) is 28.1. The lowest BCUT2D eigenvalue weighted by Gasteiger charge is -2.36. The fourth-order valence-corrected chi connectivity index (χ4v) is 7.90. The van der Waals surface area contributed by atoms with Crippen molar-refractivity contribution >= 4 is 29.3 Å². The zero-order valence-corrected chi connectivity index (χ0v) is 29.6. The maximum atomic E-state index is 15.0. The van der Waals surface area contributed by atoms with Crippen LogP contribution in [-0.2, 0) is 17.8 Å². The van der Waals surface area contributed by atoms with E-state index >= 15 is 8.78 Å². The van der Waals surface area contributed by atoms with Gasteiger partial charge in [-0.25, -0.2) is 13.6 Å². The third-order valence-corrected chi connectivity index (χ3v) is 10.3. The van der Waals surface area contributed by atoms with E-state index in [9.17, 15) is 4.79 Å². The Morgan fingerprint density at radius 1 is 0.735 bits per heavy atom. The molecule has 0 aliphatic carbocycles. The van der Waals surface area contributed by atoms with Gasteiger partial charge in [-0.3, -0.25) is 9.80 Å². The summed E-state index contributed by atoms with van der Waals surface area (Å²) in [6, 6.07) is 30.2. The molecule has 2 aliphatic rings. The largest absolute Gasteiger partial charge is 0.444 e. The molecule has 4 atom stereocenters. The maximum Gasteiger partial charge on any atom is 0.407 e. The minimum Gasteiger partial charge on any atom is -0.444 e. The minimum atomic E-state index is -0.712. The van der Waals surface area contributed by atoms with Crippen molar-refractivity contribution in [1.82, 2.24) is 15.1 Å². The second kappa shape index (κ2) is 15.2. The van der Waals surface area contributed by atoms with Crippen molar-refractivity contribution in [3.8, 4) is 0 Å². The lowest BCUT2D eigenvalue weighted by Crippen LogP contribution is -2.50. The molecule has 0 spiro atoms. The summed E-state index contributed by atoms with van der Waals surface area (Å²) in [5.74, 6) is -1.44. The van der Waals surface area contributed by atoms with Gasteiger partial charge in [0.2, 0.25) is 0 Å². The Morgan fingerprint density at radius 3 is 1.55 bits per heavy atom.